The zero-order chi connectivity index (χ0) is 17.7. The molecule has 1 heterocycles. The van der Waals surface area contributed by atoms with Gasteiger partial charge in [0.1, 0.15) is 0 Å². The van der Waals surface area contributed by atoms with E-state index in [1.807, 2.05) is 24.3 Å². The van der Waals surface area contributed by atoms with Crippen LogP contribution in [-0.4, -0.2) is 31.0 Å². The van der Waals surface area contributed by atoms with Gasteiger partial charge in [-0.15, -0.1) is 0 Å². The van der Waals surface area contributed by atoms with Gasteiger partial charge >= 0.3 is 0 Å². The molecule has 126 valence electrons. The Labute approximate surface area is 148 Å². The molecule has 1 aliphatic heterocycles. The number of rotatable bonds is 3. The van der Waals surface area contributed by atoms with Gasteiger partial charge in [0.05, 0.1) is 0 Å². The van der Waals surface area contributed by atoms with Gasteiger partial charge in [0.25, 0.3) is 5.91 Å². The molecule has 1 N–H and O–H groups in total. The normalized spacial score (nSPS) is 20.4. The van der Waals surface area contributed by atoms with Crippen molar-refractivity contribution in [3.8, 4) is 0 Å². The van der Waals surface area contributed by atoms with Crippen molar-refractivity contribution < 1.29 is 9.90 Å². The number of benzene rings is 2. The Morgan fingerprint density at radius 1 is 1.12 bits per heavy atom. The molecule has 1 amide bonds. The number of carbonyl (C=O) groups is 1. The largest absolute Gasteiger partial charge is 0.363 e. The van der Waals surface area contributed by atoms with Crippen LogP contribution in [0.1, 0.15) is 27.0 Å². The van der Waals surface area contributed by atoms with Crippen LogP contribution in [0.15, 0.2) is 42.5 Å². The first-order chi connectivity index (χ1) is 11.1. The van der Waals surface area contributed by atoms with Gasteiger partial charge in [-0.3, -0.25) is 4.79 Å². The number of fused-ring (bicyclic) bond motifs is 1. The number of nitrogens with zero attached hydrogens (tertiary/aromatic N) is 1. The maximum Gasteiger partial charge on any atom is 0.256 e. The van der Waals surface area contributed by atoms with E-state index < -0.39 is 13.8 Å². The highest BCUT2D eigenvalue weighted by Crippen LogP contribution is 2.43. The van der Waals surface area contributed by atoms with Crippen molar-refractivity contribution in [2.75, 3.05) is 7.05 Å². The smallest absolute Gasteiger partial charge is 0.256 e. The third kappa shape index (κ3) is 2.69. The summed E-state index contributed by atoms with van der Waals surface area (Å²) in [4.78, 5) is 14.0. The lowest BCUT2D eigenvalue weighted by Gasteiger charge is -2.34. The predicted octanol–water partition coefficient (Wildman–Crippen LogP) is 4.04. The number of amides is 1. The van der Waals surface area contributed by atoms with E-state index in [1.165, 1.54) is 4.90 Å². The van der Waals surface area contributed by atoms with Gasteiger partial charge in [0.15, 0.2) is 5.72 Å². The molecule has 0 saturated carbocycles. The molecule has 0 radical (unpaired) electrons. The van der Waals surface area contributed by atoms with Crippen molar-refractivity contribution in [3.63, 3.8) is 0 Å². The molecule has 24 heavy (non-hydrogen) atoms. The van der Waals surface area contributed by atoms with E-state index in [-0.39, 0.29) is 5.91 Å². The van der Waals surface area contributed by atoms with Crippen molar-refractivity contribution >= 4 is 25.6 Å². The monoisotopic (exact) mass is 359 g/mol. The molecule has 1 aliphatic rings. The quantitative estimate of drug-likeness (QED) is 0.840. The molecule has 0 bridgehead atoms. The number of aliphatic hydroxyl groups is 1. The molecule has 2 aromatic rings. The summed E-state index contributed by atoms with van der Waals surface area (Å²) < 4.78 is 0. The molecule has 5 heteroatoms. The summed E-state index contributed by atoms with van der Waals surface area (Å²) in [5.74, 6) is -0.188. The second-order valence-electron chi connectivity index (χ2n) is 7.62. The van der Waals surface area contributed by atoms with Crippen LogP contribution in [0.2, 0.25) is 24.7 Å². The minimum atomic E-state index is -1.48. The van der Waals surface area contributed by atoms with Crippen LogP contribution in [0.5, 0.6) is 0 Å². The molecular formula is C19H22ClNO2Si. The first kappa shape index (κ1) is 17.2. The Morgan fingerprint density at radius 3 is 2.46 bits per heavy atom. The zero-order valence-electron chi connectivity index (χ0n) is 14.4. The second-order valence-corrected chi connectivity index (χ2v) is 13.5. The van der Waals surface area contributed by atoms with Gasteiger partial charge in [0.2, 0.25) is 0 Å². The van der Waals surface area contributed by atoms with Crippen LogP contribution in [-0.2, 0) is 11.8 Å². The van der Waals surface area contributed by atoms with Crippen LogP contribution in [0, 0.1) is 0 Å². The van der Waals surface area contributed by atoms with Crippen LogP contribution in [0.25, 0.3) is 0 Å². The second kappa shape index (κ2) is 5.72. The fourth-order valence-corrected chi connectivity index (χ4v) is 5.03. The Bertz CT molecular complexity index is 815. The van der Waals surface area contributed by atoms with Crippen molar-refractivity contribution in [1.29, 1.82) is 0 Å². The van der Waals surface area contributed by atoms with E-state index >= 15 is 0 Å². The third-order valence-corrected chi connectivity index (χ3v) is 6.17. The number of carbonyl (C=O) groups excluding carboxylic acids is 1. The fraction of sp³-hybridized carbons (Fsp3) is 0.316. The minimum absolute atomic E-state index is 0.188. The van der Waals surface area contributed by atoms with Gasteiger partial charge in [-0.2, -0.15) is 0 Å². The minimum Gasteiger partial charge on any atom is -0.363 e. The van der Waals surface area contributed by atoms with Crippen LogP contribution in [0.3, 0.4) is 0 Å². The Kier molecular flexibility index (Phi) is 4.10. The van der Waals surface area contributed by atoms with E-state index in [0.717, 1.165) is 17.2 Å². The van der Waals surface area contributed by atoms with Gasteiger partial charge in [-0.25, -0.2) is 0 Å². The molecule has 1 unspecified atom stereocenters. The lowest BCUT2D eigenvalue weighted by atomic mass is 9.91. The van der Waals surface area contributed by atoms with Crippen LogP contribution < -0.4 is 0 Å². The lowest BCUT2D eigenvalue weighted by molar-refractivity contribution is -0.0374. The highest BCUT2D eigenvalue weighted by atomic mass is 35.5. The molecule has 3 nitrogen and oxygen atoms in total. The van der Waals surface area contributed by atoms with Crippen LogP contribution in [0.4, 0.5) is 0 Å². The molecule has 0 saturated heterocycles. The molecular weight excluding hydrogens is 338 g/mol. The number of halogens is 1. The van der Waals surface area contributed by atoms with Gasteiger partial charge < -0.3 is 10.0 Å². The lowest BCUT2D eigenvalue weighted by Crippen LogP contribution is -2.43. The summed E-state index contributed by atoms with van der Waals surface area (Å²) in [7, 11) is 0.245. The zero-order valence-corrected chi connectivity index (χ0v) is 16.2. The summed E-state index contributed by atoms with van der Waals surface area (Å²) in [6.45, 7) is 6.88. The Balaban J connectivity index is 2.23. The average Bonchev–Trinajstić information content (AvgIpc) is 2.69. The molecule has 2 aromatic carbocycles. The number of hydrogen-bond donors (Lipinski definition) is 1. The highest BCUT2D eigenvalue weighted by molar-refractivity contribution is 6.75. The maximum atomic E-state index is 12.6. The molecule has 0 aliphatic carbocycles. The molecule has 0 aromatic heterocycles. The van der Waals surface area contributed by atoms with Gasteiger partial charge in [-0.1, -0.05) is 55.5 Å². The Hall–Kier alpha value is -1.62. The highest BCUT2D eigenvalue weighted by Gasteiger charge is 2.49. The third-order valence-electron chi connectivity index (χ3n) is 4.49. The van der Waals surface area contributed by atoms with E-state index in [1.54, 1.807) is 25.2 Å². The molecule has 3 rings (SSSR count). The summed E-state index contributed by atoms with van der Waals surface area (Å²) in [5, 5.41) is 12.1. The molecule has 0 spiro atoms. The molecule has 0 fully saturated rings. The first-order valence-corrected chi connectivity index (χ1v) is 12.1. The van der Waals surface area contributed by atoms with Crippen molar-refractivity contribution in [2.24, 2.45) is 0 Å². The summed E-state index contributed by atoms with van der Waals surface area (Å²) in [6, 6.07) is 13.9. The van der Waals surface area contributed by atoms with Gasteiger partial charge in [0, 0.05) is 36.8 Å². The van der Waals surface area contributed by atoms with Gasteiger partial charge in [-0.05, 0) is 29.8 Å². The average molecular weight is 360 g/mol. The SMILES string of the molecule is CN1C(=O)c2ccc(Cl)cc2C1(O)c1ccccc1C[Si](C)(C)C. The van der Waals surface area contributed by atoms with E-state index in [9.17, 15) is 9.90 Å². The van der Waals surface area contributed by atoms with E-state index in [2.05, 4.69) is 19.6 Å². The summed E-state index contributed by atoms with van der Waals surface area (Å²) >= 11 is 6.15. The Morgan fingerprint density at radius 2 is 1.79 bits per heavy atom. The summed E-state index contributed by atoms with van der Waals surface area (Å²) in [6.07, 6.45) is 0. The summed E-state index contributed by atoms with van der Waals surface area (Å²) in [5.41, 5.74) is 1.45. The molecule has 1 atom stereocenters. The first-order valence-electron chi connectivity index (χ1n) is 8.03. The predicted molar refractivity (Wildman–Crippen MR) is 100 cm³/mol. The van der Waals surface area contributed by atoms with Crippen molar-refractivity contribution in [2.45, 2.75) is 31.4 Å². The van der Waals surface area contributed by atoms with E-state index in [0.29, 0.717) is 16.1 Å². The van der Waals surface area contributed by atoms with E-state index in [4.69, 9.17) is 11.6 Å². The fourth-order valence-electron chi connectivity index (χ4n) is 3.41. The van der Waals surface area contributed by atoms with Crippen LogP contribution >= 0.6 is 11.6 Å². The van der Waals surface area contributed by atoms with Crippen molar-refractivity contribution in [3.05, 3.63) is 69.7 Å². The van der Waals surface area contributed by atoms with Crippen molar-refractivity contribution in [1.82, 2.24) is 4.90 Å². The number of hydrogen-bond acceptors (Lipinski definition) is 2. The topological polar surface area (TPSA) is 40.5 Å². The standard InChI is InChI=1S/C19H22ClNO2Si/c1-21-18(22)15-10-9-14(20)11-17(15)19(21,23)16-8-6-5-7-13(16)12-24(2,3)4/h5-11,23H,12H2,1-4H3. The maximum absolute atomic E-state index is 12.6.